The zero-order valence-corrected chi connectivity index (χ0v) is 16.8. The summed E-state index contributed by atoms with van der Waals surface area (Å²) in [6.45, 7) is 1.88. The summed E-state index contributed by atoms with van der Waals surface area (Å²) in [4.78, 5) is 25.8. The molecule has 0 aliphatic rings. The molecule has 4 aromatic rings. The smallest absolute Gasteiger partial charge is 0.295 e. The molecule has 2 heterocycles. The lowest BCUT2D eigenvalue weighted by Gasteiger charge is -2.11. The molecule has 0 atom stereocenters. The highest BCUT2D eigenvalue weighted by atomic mass is 35.5. The van der Waals surface area contributed by atoms with Crippen LogP contribution in [0.3, 0.4) is 0 Å². The highest BCUT2D eigenvalue weighted by molar-refractivity contribution is 7.17. The Morgan fingerprint density at radius 3 is 2.43 bits per heavy atom. The molecule has 0 amide bonds. The van der Waals surface area contributed by atoms with Crippen molar-refractivity contribution < 1.29 is 0 Å². The Morgan fingerprint density at radius 2 is 1.71 bits per heavy atom. The minimum atomic E-state index is -0.427. The van der Waals surface area contributed by atoms with E-state index in [0.717, 1.165) is 15.7 Å². The minimum absolute atomic E-state index is 0.298. The van der Waals surface area contributed by atoms with Crippen LogP contribution in [0.5, 0.6) is 0 Å². The van der Waals surface area contributed by atoms with Gasteiger partial charge in [0.25, 0.3) is 5.56 Å². The second kappa shape index (κ2) is 7.16. The van der Waals surface area contributed by atoms with Crippen molar-refractivity contribution in [2.75, 3.05) is 0 Å². The van der Waals surface area contributed by atoms with Crippen LogP contribution in [-0.2, 0) is 7.05 Å². The highest BCUT2D eigenvalue weighted by Gasteiger charge is 2.17. The molecule has 138 valence electrons. The van der Waals surface area contributed by atoms with E-state index in [1.807, 2.05) is 42.6 Å². The van der Waals surface area contributed by atoms with Gasteiger partial charge in [0.1, 0.15) is 4.70 Å². The lowest BCUT2D eigenvalue weighted by Crippen LogP contribution is -2.37. The fraction of sp³-hybridized carbons (Fsp3) is 0.0909. The topological polar surface area (TPSA) is 44.0 Å². The van der Waals surface area contributed by atoms with Gasteiger partial charge >= 0.3 is 5.69 Å². The Kier molecular flexibility index (Phi) is 4.68. The molecule has 0 saturated heterocycles. The number of aryl methyl sites for hydroxylation is 2. The van der Waals surface area contributed by atoms with Crippen LogP contribution in [0.25, 0.3) is 15.9 Å². The number of halogens is 1. The maximum atomic E-state index is 12.9. The average molecular weight is 407 g/mol. The van der Waals surface area contributed by atoms with Crippen LogP contribution in [0.2, 0.25) is 5.02 Å². The van der Waals surface area contributed by atoms with Crippen molar-refractivity contribution in [2.45, 2.75) is 6.92 Å². The summed E-state index contributed by atoms with van der Waals surface area (Å²) in [5, 5.41) is 2.17. The molecule has 28 heavy (non-hydrogen) atoms. The van der Waals surface area contributed by atoms with E-state index >= 15 is 0 Å². The molecule has 4 rings (SSSR count). The molecule has 0 radical (unpaired) electrons. The SMILES string of the molecule is Cc1csc2c(=O)n(-c3ccc(C#Cc4ccccc4)cc3Cl)c(=O)n(C)c12. The number of hydrogen-bond acceptors (Lipinski definition) is 3. The number of rotatable bonds is 1. The van der Waals surface area contributed by atoms with Gasteiger partial charge in [-0.3, -0.25) is 9.36 Å². The summed E-state index contributed by atoms with van der Waals surface area (Å²) in [6.07, 6.45) is 0. The van der Waals surface area contributed by atoms with Gasteiger partial charge in [0.15, 0.2) is 0 Å². The van der Waals surface area contributed by atoms with E-state index in [0.29, 0.717) is 26.5 Å². The lowest BCUT2D eigenvalue weighted by atomic mass is 10.1. The first kappa shape index (κ1) is 18.3. The Labute approximate surface area is 170 Å². The van der Waals surface area contributed by atoms with Crippen LogP contribution in [0.4, 0.5) is 0 Å². The predicted octanol–water partition coefficient (Wildman–Crippen LogP) is 4.11. The van der Waals surface area contributed by atoms with E-state index in [-0.39, 0.29) is 5.56 Å². The standard InChI is InChI=1S/C22H15ClN2O2S/c1-14-13-28-20-19(14)24(2)22(27)25(21(20)26)18-11-10-16(12-17(18)23)9-8-15-6-4-3-5-7-15/h3-7,10-13H,1-2H3. The number of hydrogen-bond donors (Lipinski definition) is 0. The number of aromatic nitrogens is 2. The monoisotopic (exact) mass is 406 g/mol. The zero-order chi connectivity index (χ0) is 19.8. The summed E-state index contributed by atoms with van der Waals surface area (Å²) >= 11 is 7.75. The Hall–Kier alpha value is -3.07. The third-order valence-corrected chi connectivity index (χ3v) is 5.84. The predicted molar refractivity (Wildman–Crippen MR) is 115 cm³/mol. The molecule has 0 fully saturated rings. The van der Waals surface area contributed by atoms with Crippen molar-refractivity contribution in [1.29, 1.82) is 0 Å². The Morgan fingerprint density at radius 1 is 1.00 bits per heavy atom. The molecular weight excluding hydrogens is 392 g/mol. The third kappa shape index (κ3) is 3.07. The van der Waals surface area contributed by atoms with Gasteiger partial charge in [-0.15, -0.1) is 11.3 Å². The molecule has 6 heteroatoms. The van der Waals surface area contributed by atoms with Crippen molar-refractivity contribution >= 4 is 33.2 Å². The van der Waals surface area contributed by atoms with Gasteiger partial charge in [0, 0.05) is 18.2 Å². The van der Waals surface area contributed by atoms with Gasteiger partial charge in [-0.1, -0.05) is 41.6 Å². The second-order valence-corrected chi connectivity index (χ2v) is 7.65. The molecule has 0 N–H and O–H groups in total. The van der Waals surface area contributed by atoms with Gasteiger partial charge in [-0.05, 0) is 48.2 Å². The van der Waals surface area contributed by atoms with E-state index in [9.17, 15) is 9.59 Å². The molecule has 0 aliphatic heterocycles. The van der Waals surface area contributed by atoms with Crippen molar-refractivity contribution in [1.82, 2.24) is 9.13 Å². The first-order valence-electron chi connectivity index (χ1n) is 8.54. The zero-order valence-electron chi connectivity index (χ0n) is 15.2. The van der Waals surface area contributed by atoms with Crippen molar-refractivity contribution in [3.8, 4) is 17.5 Å². The van der Waals surface area contributed by atoms with Crippen LogP contribution >= 0.6 is 22.9 Å². The summed E-state index contributed by atoms with van der Waals surface area (Å²) in [5.41, 5.74) is 2.73. The van der Waals surface area contributed by atoms with E-state index in [4.69, 9.17) is 11.6 Å². The van der Waals surface area contributed by atoms with Gasteiger partial charge in [0.05, 0.1) is 16.2 Å². The molecular formula is C22H15ClN2O2S. The summed E-state index contributed by atoms with van der Waals surface area (Å²) in [7, 11) is 1.66. The Bertz CT molecular complexity index is 1390. The lowest BCUT2D eigenvalue weighted by molar-refractivity contribution is 0.774. The summed E-state index contributed by atoms with van der Waals surface area (Å²) < 4.78 is 3.14. The van der Waals surface area contributed by atoms with E-state index in [2.05, 4.69) is 11.8 Å². The molecule has 0 saturated carbocycles. The molecule has 2 aromatic heterocycles. The normalized spacial score (nSPS) is 10.7. The quantitative estimate of drug-likeness (QED) is 0.446. The largest absolute Gasteiger partial charge is 0.335 e. The molecule has 0 spiro atoms. The van der Waals surface area contributed by atoms with Gasteiger partial charge in [0.2, 0.25) is 0 Å². The number of thiophene rings is 1. The molecule has 0 aliphatic carbocycles. The van der Waals surface area contributed by atoms with E-state index in [1.165, 1.54) is 15.9 Å². The van der Waals surface area contributed by atoms with Crippen LogP contribution in [0.1, 0.15) is 16.7 Å². The van der Waals surface area contributed by atoms with E-state index < -0.39 is 5.69 Å². The highest BCUT2D eigenvalue weighted by Crippen LogP contribution is 2.23. The summed E-state index contributed by atoms with van der Waals surface area (Å²) in [5.74, 6) is 6.12. The first-order valence-corrected chi connectivity index (χ1v) is 9.80. The van der Waals surface area contributed by atoms with E-state index in [1.54, 1.807) is 25.2 Å². The molecule has 0 unspecified atom stereocenters. The first-order chi connectivity index (χ1) is 13.5. The van der Waals surface area contributed by atoms with Crippen LogP contribution in [0, 0.1) is 18.8 Å². The van der Waals surface area contributed by atoms with Gasteiger partial charge < -0.3 is 0 Å². The molecule has 4 nitrogen and oxygen atoms in total. The van der Waals surface area contributed by atoms with Crippen LogP contribution in [0.15, 0.2) is 63.5 Å². The van der Waals surface area contributed by atoms with Gasteiger partial charge in [-0.2, -0.15) is 0 Å². The fourth-order valence-corrected chi connectivity index (χ4v) is 4.36. The molecule has 0 bridgehead atoms. The fourth-order valence-electron chi connectivity index (χ4n) is 3.08. The Balaban J connectivity index is 1.85. The van der Waals surface area contributed by atoms with Gasteiger partial charge in [-0.25, -0.2) is 9.36 Å². The number of nitrogens with zero attached hydrogens (tertiary/aromatic N) is 2. The second-order valence-electron chi connectivity index (χ2n) is 6.36. The van der Waals surface area contributed by atoms with Crippen molar-refractivity contribution in [2.24, 2.45) is 7.05 Å². The van der Waals surface area contributed by atoms with Crippen LogP contribution in [-0.4, -0.2) is 9.13 Å². The summed E-state index contributed by atoms with van der Waals surface area (Å²) in [6, 6.07) is 14.7. The number of fused-ring (bicyclic) bond motifs is 1. The minimum Gasteiger partial charge on any atom is -0.295 e. The molecule has 2 aromatic carbocycles. The van der Waals surface area contributed by atoms with Crippen molar-refractivity contribution in [3.05, 3.63) is 96.5 Å². The maximum absolute atomic E-state index is 12.9. The van der Waals surface area contributed by atoms with Crippen molar-refractivity contribution in [3.63, 3.8) is 0 Å². The average Bonchev–Trinajstić information content (AvgIpc) is 3.09. The third-order valence-electron chi connectivity index (χ3n) is 4.47. The van der Waals surface area contributed by atoms with Crippen LogP contribution < -0.4 is 11.2 Å². The maximum Gasteiger partial charge on any atom is 0.335 e. The number of benzene rings is 2.